The average Bonchev–Trinajstić information content (AvgIpc) is 2.52. The van der Waals surface area contributed by atoms with Gasteiger partial charge in [-0.3, -0.25) is 0 Å². The summed E-state index contributed by atoms with van der Waals surface area (Å²) in [5.41, 5.74) is 0. The van der Waals surface area contributed by atoms with Gasteiger partial charge in [-0.15, -0.1) is 9.79 Å². The molecule has 1 saturated heterocycles. The van der Waals surface area contributed by atoms with Gasteiger partial charge in [-0.2, -0.15) is 0 Å². The lowest BCUT2D eigenvalue weighted by molar-refractivity contribution is -0.112. The SMILES string of the molecule is O=[P+](O)OC1(O[P+](=O)O)C[C@H]2CCCN[C@@H]2C1. The molecular weight excluding hydrogens is 268 g/mol. The van der Waals surface area contributed by atoms with Gasteiger partial charge in [-0.1, -0.05) is 9.05 Å². The monoisotopic (exact) mass is 283 g/mol. The minimum atomic E-state index is -2.86. The van der Waals surface area contributed by atoms with Gasteiger partial charge in [0, 0.05) is 28.0 Å². The Morgan fingerprint density at radius 2 is 1.82 bits per heavy atom. The maximum absolute atomic E-state index is 10.8. The summed E-state index contributed by atoms with van der Waals surface area (Å²) in [7, 11) is -5.72. The highest BCUT2D eigenvalue weighted by atomic mass is 31.1. The summed E-state index contributed by atoms with van der Waals surface area (Å²) in [6.07, 6.45) is 2.68. The quantitative estimate of drug-likeness (QED) is 0.525. The summed E-state index contributed by atoms with van der Waals surface area (Å²) >= 11 is 0. The van der Waals surface area contributed by atoms with Crippen molar-refractivity contribution in [3.63, 3.8) is 0 Å². The molecule has 1 aliphatic heterocycles. The number of piperidine rings is 1. The van der Waals surface area contributed by atoms with Crippen LogP contribution in [0, 0.1) is 5.92 Å². The first kappa shape index (κ1) is 13.4. The predicted molar refractivity (Wildman–Crippen MR) is 58.3 cm³/mol. The van der Waals surface area contributed by atoms with Crippen molar-refractivity contribution in [2.24, 2.45) is 5.92 Å². The molecule has 4 atom stereocenters. The Labute approximate surface area is 100 Å². The number of hydrogen-bond donors (Lipinski definition) is 3. The third-order valence-electron chi connectivity index (χ3n) is 3.32. The van der Waals surface area contributed by atoms with Crippen molar-refractivity contribution in [2.75, 3.05) is 6.54 Å². The van der Waals surface area contributed by atoms with E-state index in [1.54, 1.807) is 0 Å². The highest BCUT2D eigenvalue weighted by Gasteiger charge is 2.58. The Balaban J connectivity index is 2.11. The summed E-state index contributed by atoms with van der Waals surface area (Å²) in [6.45, 7) is 0.883. The number of fused-ring (bicyclic) bond motifs is 1. The third kappa shape index (κ3) is 3.26. The lowest BCUT2D eigenvalue weighted by atomic mass is 9.94. The third-order valence-corrected chi connectivity index (χ3v) is 4.30. The van der Waals surface area contributed by atoms with Gasteiger partial charge in [0.15, 0.2) is 0 Å². The molecule has 0 aromatic rings. The second-order valence-corrected chi connectivity index (χ2v) is 5.76. The minimum absolute atomic E-state index is 0.119. The summed E-state index contributed by atoms with van der Waals surface area (Å²) < 4.78 is 31.3. The van der Waals surface area contributed by atoms with Crippen LogP contribution in [0.5, 0.6) is 0 Å². The number of nitrogens with one attached hydrogen (secondary N) is 1. The first-order valence-corrected chi connectivity index (χ1v) is 7.71. The number of rotatable bonds is 4. The second-order valence-electron chi connectivity index (χ2n) is 4.44. The van der Waals surface area contributed by atoms with E-state index in [0.29, 0.717) is 12.8 Å². The summed E-state index contributed by atoms with van der Waals surface area (Å²) in [4.78, 5) is 17.7. The first-order chi connectivity index (χ1) is 8.01. The van der Waals surface area contributed by atoms with Crippen LogP contribution in [-0.2, 0) is 18.2 Å². The van der Waals surface area contributed by atoms with E-state index in [0.717, 1.165) is 19.4 Å². The predicted octanol–water partition coefficient (Wildman–Crippen LogP) is 1.18. The van der Waals surface area contributed by atoms with E-state index in [-0.39, 0.29) is 12.0 Å². The molecule has 1 saturated carbocycles. The van der Waals surface area contributed by atoms with Crippen LogP contribution in [0.2, 0.25) is 0 Å². The van der Waals surface area contributed by atoms with Gasteiger partial charge >= 0.3 is 16.5 Å². The van der Waals surface area contributed by atoms with E-state index in [2.05, 4.69) is 5.32 Å². The fraction of sp³-hybridized carbons (Fsp3) is 1.00. The molecule has 3 N–H and O–H groups in total. The molecule has 0 aromatic carbocycles. The van der Waals surface area contributed by atoms with Crippen LogP contribution >= 0.6 is 16.5 Å². The van der Waals surface area contributed by atoms with Crippen molar-refractivity contribution in [3.8, 4) is 0 Å². The fourth-order valence-corrected chi connectivity index (χ4v) is 3.77. The van der Waals surface area contributed by atoms with Crippen molar-refractivity contribution in [1.29, 1.82) is 0 Å². The summed E-state index contributed by atoms with van der Waals surface area (Å²) in [6, 6.07) is 0.119. The molecule has 0 spiro atoms. The topological polar surface area (TPSA) is 105 Å². The molecule has 2 unspecified atom stereocenters. The van der Waals surface area contributed by atoms with Crippen LogP contribution < -0.4 is 5.32 Å². The Hall–Kier alpha value is -0.0000000000000000416. The largest absolute Gasteiger partial charge is 0.697 e. The normalized spacial score (nSPS) is 38.7. The molecule has 7 nitrogen and oxygen atoms in total. The van der Waals surface area contributed by atoms with E-state index in [9.17, 15) is 9.13 Å². The van der Waals surface area contributed by atoms with Crippen molar-refractivity contribution in [1.82, 2.24) is 5.32 Å². The van der Waals surface area contributed by atoms with Crippen LogP contribution in [0.1, 0.15) is 25.7 Å². The van der Waals surface area contributed by atoms with Crippen molar-refractivity contribution < 1.29 is 28.0 Å². The lowest BCUT2D eigenvalue weighted by Crippen LogP contribution is -2.38. The first-order valence-electron chi connectivity index (χ1n) is 5.45. The zero-order chi connectivity index (χ0) is 12.5. The average molecular weight is 283 g/mol. The van der Waals surface area contributed by atoms with Gasteiger partial charge in [0.25, 0.3) is 5.79 Å². The van der Waals surface area contributed by atoms with Crippen LogP contribution in [0.15, 0.2) is 0 Å². The van der Waals surface area contributed by atoms with Crippen LogP contribution in [0.25, 0.3) is 0 Å². The Morgan fingerprint density at radius 3 is 2.35 bits per heavy atom. The van der Waals surface area contributed by atoms with Crippen LogP contribution in [0.4, 0.5) is 0 Å². The van der Waals surface area contributed by atoms with E-state index in [1.165, 1.54) is 0 Å². The van der Waals surface area contributed by atoms with Gasteiger partial charge in [-0.05, 0) is 25.3 Å². The van der Waals surface area contributed by atoms with Gasteiger partial charge in [0.1, 0.15) is 0 Å². The molecule has 96 valence electrons. The maximum atomic E-state index is 10.8. The second kappa shape index (κ2) is 5.33. The van der Waals surface area contributed by atoms with Gasteiger partial charge < -0.3 is 5.32 Å². The molecule has 9 heteroatoms. The summed E-state index contributed by atoms with van der Waals surface area (Å²) in [5, 5.41) is 3.27. The van der Waals surface area contributed by atoms with Gasteiger partial charge in [-0.25, -0.2) is 0 Å². The molecular formula is C8H15NO6P2+2. The van der Waals surface area contributed by atoms with Crippen LogP contribution in [-0.4, -0.2) is 28.2 Å². The zero-order valence-electron chi connectivity index (χ0n) is 9.11. The Kier molecular flexibility index (Phi) is 4.21. The molecule has 2 rings (SSSR count). The van der Waals surface area contributed by atoms with Gasteiger partial charge in [0.2, 0.25) is 0 Å². The van der Waals surface area contributed by atoms with Crippen LogP contribution in [0.3, 0.4) is 0 Å². The van der Waals surface area contributed by atoms with E-state index in [4.69, 9.17) is 18.8 Å². The highest BCUT2D eigenvalue weighted by molar-refractivity contribution is 7.33. The lowest BCUT2D eigenvalue weighted by Gasteiger charge is -2.25. The summed E-state index contributed by atoms with van der Waals surface area (Å²) in [5.74, 6) is -1.15. The van der Waals surface area contributed by atoms with Crippen molar-refractivity contribution >= 4 is 16.5 Å². The zero-order valence-corrected chi connectivity index (χ0v) is 10.9. The Morgan fingerprint density at radius 1 is 1.18 bits per heavy atom. The van der Waals surface area contributed by atoms with Crippen molar-refractivity contribution in [2.45, 2.75) is 37.5 Å². The maximum Gasteiger partial charge on any atom is 0.697 e. The van der Waals surface area contributed by atoms with Crippen molar-refractivity contribution in [3.05, 3.63) is 0 Å². The molecule has 2 aliphatic rings. The number of hydrogen-bond acceptors (Lipinski definition) is 5. The minimum Gasteiger partial charge on any atom is -0.313 e. The molecule has 1 heterocycles. The highest BCUT2D eigenvalue weighted by Crippen LogP contribution is 2.49. The molecule has 1 aliphatic carbocycles. The molecule has 0 amide bonds. The Bertz CT molecular complexity index is 306. The standard InChI is InChI=1S/C8H13NO6P2/c10-16(11)14-8(15-17(12)13)4-6-2-1-3-9-7(6)5-8/h6-7,9H,1-5H2/p+2/t6-,7-/m1/s1. The molecule has 17 heavy (non-hydrogen) atoms. The van der Waals surface area contributed by atoms with Gasteiger partial charge in [0.05, 0.1) is 0 Å². The molecule has 0 radical (unpaired) electrons. The van der Waals surface area contributed by atoms with E-state index in [1.807, 2.05) is 0 Å². The van der Waals surface area contributed by atoms with E-state index >= 15 is 0 Å². The molecule has 0 aromatic heterocycles. The molecule has 2 fully saturated rings. The fourth-order valence-electron chi connectivity index (χ4n) is 2.77. The molecule has 0 bridgehead atoms. The van der Waals surface area contributed by atoms with E-state index < -0.39 is 22.3 Å². The smallest absolute Gasteiger partial charge is 0.313 e.